The van der Waals surface area contributed by atoms with Crippen LogP contribution in [0.1, 0.15) is 71.4 Å². The number of carbonyl (C=O) groups excluding carboxylic acids is 2. The van der Waals surface area contributed by atoms with Crippen LogP contribution in [0.25, 0.3) is 0 Å². The van der Waals surface area contributed by atoms with Crippen LogP contribution in [-0.4, -0.2) is 82.3 Å². The van der Waals surface area contributed by atoms with Crippen molar-refractivity contribution in [3.05, 3.63) is 82.0 Å². The number of hydrogen-bond donors (Lipinski definition) is 2. The number of methoxy groups -OCH3 is 2. The highest BCUT2D eigenvalue weighted by molar-refractivity contribution is 7.92. The topological polar surface area (TPSA) is 145 Å². The lowest BCUT2D eigenvalue weighted by Gasteiger charge is -2.46. The second kappa shape index (κ2) is 14.4. The highest BCUT2D eigenvalue weighted by atomic mass is 35.5. The van der Waals surface area contributed by atoms with Crippen LogP contribution in [-0.2, 0) is 33.5 Å². The van der Waals surface area contributed by atoms with E-state index in [-0.39, 0.29) is 46.1 Å². The first-order valence-corrected chi connectivity index (χ1v) is 20.2. The standard InChI is InChI=1S/C39H48ClN5O7S/c1-24-21-53(49,43-36(47)30-20-44(3)41-37(30)51-5)42-35(46)26-9-13-34-32(18-26)45(19-27-8-11-29(27)33(50-4)14-16-38(24,2)48)22-39(23-52-34)15-6-7-25-17-28(40)10-12-31(25)39/h9-10,12-14,16-18,20,24,27,29,33,48H,6-8,11,15,19,21-23H2,1-5H3,(H,42,43,46,47,49)/b16-14+/t24-,27+,29-,33+,38-,39+,53+/m1/s1. The van der Waals surface area contributed by atoms with E-state index in [1.54, 1.807) is 52.3 Å². The molecule has 2 N–H and O–H groups in total. The molecule has 0 radical (unpaired) electrons. The molecule has 7 atom stereocenters. The van der Waals surface area contributed by atoms with Gasteiger partial charge in [0.1, 0.15) is 21.2 Å². The van der Waals surface area contributed by atoms with E-state index in [1.165, 1.54) is 29.1 Å². The second-order valence-corrected chi connectivity index (χ2v) is 17.8. The van der Waals surface area contributed by atoms with Gasteiger partial charge < -0.3 is 24.2 Å². The van der Waals surface area contributed by atoms with Gasteiger partial charge in [0.2, 0.25) is 5.88 Å². The van der Waals surface area contributed by atoms with Crippen LogP contribution in [0.3, 0.4) is 0 Å². The average Bonchev–Trinajstić information content (AvgIpc) is 3.43. The van der Waals surface area contributed by atoms with Crippen molar-refractivity contribution >= 4 is 39.0 Å². The maximum Gasteiger partial charge on any atom is 0.286 e. The number of aryl methyl sites for hydroxylation is 2. The van der Waals surface area contributed by atoms with Crippen molar-refractivity contribution in [3.8, 4) is 11.6 Å². The normalized spacial score (nSPS) is 31.9. The zero-order valence-corrected chi connectivity index (χ0v) is 32.4. The zero-order chi connectivity index (χ0) is 37.7. The van der Waals surface area contributed by atoms with Crippen LogP contribution < -0.4 is 19.1 Å². The summed E-state index contributed by atoms with van der Waals surface area (Å²) in [6.45, 7) is 5.15. The Labute approximate surface area is 316 Å². The van der Waals surface area contributed by atoms with Gasteiger partial charge >= 0.3 is 0 Å². The second-order valence-electron chi connectivity index (χ2n) is 15.3. The molecule has 12 nitrogen and oxygen atoms in total. The Balaban J connectivity index is 1.33. The SMILES string of the molecule is COc1nn(C)cc1C(=O)N[S@@]1(=O)=NC(=O)c2ccc3c(c2)N(C[C@@H]2CC[C@H]2[C@@H](OC)/C=C/[C@@](C)(O)[C@H](C)C1)C[C@@]1(CCCc2cc(Cl)ccc21)CO3. The number of hydrogen-bond acceptors (Lipinski definition) is 9. The molecule has 0 saturated heterocycles. The lowest BCUT2D eigenvalue weighted by atomic mass is 9.68. The number of ether oxygens (including phenoxy) is 3. The molecule has 284 valence electrons. The molecule has 2 aromatic carbocycles. The van der Waals surface area contributed by atoms with Gasteiger partial charge in [-0.3, -0.25) is 19.0 Å². The van der Waals surface area contributed by atoms with Crippen molar-refractivity contribution < 1.29 is 33.1 Å². The molecule has 0 unspecified atom stereocenters. The van der Waals surface area contributed by atoms with Crippen LogP contribution >= 0.6 is 11.6 Å². The molecule has 2 aliphatic heterocycles. The molecule has 2 bridgehead atoms. The van der Waals surface area contributed by atoms with Gasteiger partial charge in [0.05, 0.1) is 36.9 Å². The largest absolute Gasteiger partial charge is 0.490 e. The maximum absolute atomic E-state index is 14.7. The van der Waals surface area contributed by atoms with Gasteiger partial charge in [0.15, 0.2) is 0 Å². The van der Waals surface area contributed by atoms with E-state index in [0.717, 1.165) is 37.8 Å². The van der Waals surface area contributed by atoms with Gasteiger partial charge in [0.25, 0.3) is 11.8 Å². The third-order valence-electron chi connectivity index (χ3n) is 11.7. The molecule has 3 aromatic rings. The quantitative estimate of drug-likeness (QED) is 0.329. The van der Waals surface area contributed by atoms with E-state index in [0.29, 0.717) is 30.5 Å². The molecule has 1 fully saturated rings. The Morgan fingerprint density at radius 2 is 2.00 bits per heavy atom. The van der Waals surface area contributed by atoms with Crippen LogP contribution in [0.15, 0.2) is 59.1 Å². The molecule has 4 aliphatic rings. The lowest BCUT2D eigenvalue weighted by Crippen LogP contribution is -2.49. The van der Waals surface area contributed by atoms with Crippen LogP contribution in [0.5, 0.6) is 11.6 Å². The van der Waals surface area contributed by atoms with E-state index in [2.05, 4.69) is 31.2 Å². The number of nitrogens with one attached hydrogen (secondary N) is 1. The minimum Gasteiger partial charge on any atom is -0.490 e. The summed E-state index contributed by atoms with van der Waals surface area (Å²) in [5, 5.41) is 16.5. The highest BCUT2D eigenvalue weighted by Crippen LogP contribution is 2.47. The van der Waals surface area contributed by atoms with Crippen molar-refractivity contribution in [2.75, 3.05) is 44.6 Å². The van der Waals surface area contributed by atoms with E-state index in [9.17, 15) is 18.9 Å². The first kappa shape index (κ1) is 37.4. The summed E-state index contributed by atoms with van der Waals surface area (Å²) in [5.74, 6) is -1.41. The Morgan fingerprint density at radius 3 is 2.74 bits per heavy atom. The van der Waals surface area contributed by atoms with Crippen LogP contribution in [0, 0.1) is 17.8 Å². The third-order valence-corrected chi connectivity index (χ3v) is 13.9. The number of anilines is 1. The first-order valence-electron chi connectivity index (χ1n) is 18.2. The Hall–Kier alpha value is -3.91. The van der Waals surface area contributed by atoms with Crippen molar-refractivity contribution in [2.24, 2.45) is 29.2 Å². The van der Waals surface area contributed by atoms with Gasteiger partial charge in [-0.2, -0.15) is 0 Å². The van der Waals surface area contributed by atoms with Gasteiger partial charge in [-0.05, 0) is 92.3 Å². The summed E-state index contributed by atoms with van der Waals surface area (Å²) in [6.07, 6.45) is 9.58. The fourth-order valence-electron chi connectivity index (χ4n) is 8.40. The molecular weight excluding hydrogens is 718 g/mol. The minimum absolute atomic E-state index is 0.0303. The van der Waals surface area contributed by atoms with E-state index >= 15 is 0 Å². The summed E-state index contributed by atoms with van der Waals surface area (Å²) < 4.78 is 40.8. The number of aliphatic hydroxyl groups is 1. The van der Waals surface area contributed by atoms with Crippen molar-refractivity contribution in [1.82, 2.24) is 14.5 Å². The Morgan fingerprint density at radius 1 is 1.19 bits per heavy atom. The smallest absolute Gasteiger partial charge is 0.286 e. The average molecular weight is 766 g/mol. The number of nitrogens with zero attached hydrogens (tertiary/aromatic N) is 4. The Kier molecular flexibility index (Phi) is 10.2. The van der Waals surface area contributed by atoms with Crippen LogP contribution in [0.2, 0.25) is 5.02 Å². The number of aromatic nitrogens is 2. The minimum atomic E-state index is -3.82. The van der Waals surface area contributed by atoms with Crippen molar-refractivity contribution in [2.45, 2.75) is 63.1 Å². The first-order chi connectivity index (χ1) is 25.2. The number of rotatable bonds is 4. The molecule has 1 aromatic heterocycles. The molecule has 53 heavy (non-hydrogen) atoms. The molecular formula is C39H48ClN5O7S. The maximum atomic E-state index is 14.7. The number of fused-ring (bicyclic) bond motifs is 4. The fraction of sp³-hybridized carbons (Fsp3) is 0.513. The van der Waals surface area contributed by atoms with Gasteiger partial charge in [-0.25, -0.2) is 4.21 Å². The molecule has 7 rings (SSSR count). The van der Waals surface area contributed by atoms with E-state index in [4.69, 9.17) is 25.8 Å². The van der Waals surface area contributed by atoms with Crippen molar-refractivity contribution in [1.29, 1.82) is 0 Å². The molecule has 1 saturated carbocycles. The molecule has 3 heterocycles. The third kappa shape index (κ3) is 7.33. The predicted molar refractivity (Wildman–Crippen MR) is 203 cm³/mol. The fourth-order valence-corrected chi connectivity index (χ4v) is 10.6. The predicted octanol–water partition coefficient (Wildman–Crippen LogP) is 5.51. The summed E-state index contributed by atoms with van der Waals surface area (Å²) in [6, 6.07) is 11.3. The number of halogens is 1. The monoisotopic (exact) mass is 765 g/mol. The van der Waals surface area contributed by atoms with Gasteiger partial charge in [-0.15, -0.1) is 9.46 Å². The molecule has 14 heteroatoms. The molecule has 2 aliphatic carbocycles. The zero-order valence-electron chi connectivity index (χ0n) is 30.8. The highest BCUT2D eigenvalue weighted by Gasteiger charge is 2.45. The summed E-state index contributed by atoms with van der Waals surface area (Å²) >= 11 is 6.46. The Bertz CT molecular complexity index is 2070. The van der Waals surface area contributed by atoms with Crippen molar-refractivity contribution in [3.63, 3.8) is 0 Å². The summed E-state index contributed by atoms with van der Waals surface area (Å²) in [7, 11) is 0.856. The van der Waals surface area contributed by atoms with Gasteiger partial charge in [0, 0.05) is 55.4 Å². The molecule has 2 amide bonds. The molecule has 1 spiro atoms. The number of benzene rings is 2. The van der Waals surface area contributed by atoms with Gasteiger partial charge in [-0.1, -0.05) is 36.7 Å². The van der Waals surface area contributed by atoms with E-state index in [1.807, 2.05) is 12.1 Å². The number of amides is 2. The summed E-state index contributed by atoms with van der Waals surface area (Å²) in [5.41, 5.74) is 1.67. The van der Waals surface area contributed by atoms with Crippen LogP contribution in [0.4, 0.5) is 5.69 Å². The number of carbonyl (C=O) groups is 2. The summed E-state index contributed by atoms with van der Waals surface area (Å²) in [4.78, 5) is 30.0. The van der Waals surface area contributed by atoms with E-state index < -0.39 is 33.2 Å². The lowest BCUT2D eigenvalue weighted by molar-refractivity contribution is 0.0101.